The van der Waals surface area contributed by atoms with Crippen molar-refractivity contribution in [2.75, 3.05) is 19.7 Å². The average Bonchev–Trinajstić information content (AvgIpc) is 2.29. The van der Waals surface area contributed by atoms with E-state index >= 15 is 0 Å². The molecule has 19 heavy (non-hydrogen) atoms. The van der Waals surface area contributed by atoms with Gasteiger partial charge in [-0.25, -0.2) is 0 Å². The number of rotatable bonds is 6. The summed E-state index contributed by atoms with van der Waals surface area (Å²) in [5.41, 5.74) is 0. The zero-order chi connectivity index (χ0) is 13.8. The summed E-state index contributed by atoms with van der Waals surface area (Å²) in [6, 6.07) is 0.624. The molecule has 2 saturated carbocycles. The van der Waals surface area contributed by atoms with Gasteiger partial charge in [0.1, 0.15) is 5.78 Å². The van der Waals surface area contributed by atoms with Gasteiger partial charge in [0.05, 0.1) is 6.61 Å². The van der Waals surface area contributed by atoms with Crippen molar-refractivity contribution >= 4 is 5.78 Å². The summed E-state index contributed by atoms with van der Waals surface area (Å²) in [5, 5.41) is 9.21. The zero-order valence-electron chi connectivity index (χ0n) is 12.5. The molecular formula is C16H29NO2. The lowest BCUT2D eigenvalue weighted by Crippen LogP contribution is -2.46. The number of carbonyl (C=O) groups excluding carboxylic acids is 1. The maximum atomic E-state index is 12.1. The molecule has 0 aromatic carbocycles. The van der Waals surface area contributed by atoms with E-state index in [-0.39, 0.29) is 12.5 Å². The molecule has 0 aliphatic heterocycles. The maximum Gasteiger partial charge on any atom is 0.137 e. The normalized spacial score (nSPS) is 29.0. The first-order valence-corrected chi connectivity index (χ1v) is 7.99. The molecule has 0 amide bonds. The number of hydrogen-bond acceptors (Lipinski definition) is 3. The number of carbonyl (C=O) groups is 1. The highest BCUT2D eigenvalue weighted by Crippen LogP contribution is 2.33. The van der Waals surface area contributed by atoms with E-state index in [1.165, 1.54) is 19.3 Å². The number of hydrogen-bond donors (Lipinski definition) is 1. The van der Waals surface area contributed by atoms with Crippen molar-refractivity contribution in [3.63, 3.8) is 0 Å². The van der Waals surface area contributed by atoms with Gasteiger partial charge in [-0.3, -0.25) is 9.69 Å². The largest absolute Gasteiger partial charge is 0.395 e. The fourth-order valence-corrected chi connectivity index (χ4v) is 3.51. The molecule has 0 heterocycles. The van der Waals surface area contributed by atoms with E-state index < -0.39 is 0 Å². The average molecular weight is 267 g/mol. The van der Waals surface area contributed by atoms with Crippen molar-refractivity contribution in [2.45, 2.75) is 58.4 Å². The number of aliphatic hydroxyl groups excluding tert-OH is 1. The lowest BCUT2D eigenvalue weighted by molar-refractivity contribution is -0.127. The van der Waals surface area contributed by atoms with Crippen molar-refractivity contribution in [3.05, 3.63) is 0 Å². The molecule has 2 aliphatic carbocycles. The van der Waals surface area contributed by atoms with Gasteiger partial charge in [-0.05, 0) is 37.5 Å². The van der Waals surface area contributed by atoms with E-state index in [0.717, 1.165) is 32.4 Å². The summed E-state index contributed by atoms with van der Waals surface area (Å²) in [6.45, 7) is 6.38. The number of aliphatic hydroxyl groups is 1. The van der Waals surface area contributed by atoms with Crippen LogP contribution in [0.1, 0.15) is 52.4 Å². The van der Waals surface area contributed by atoms with Gasteiger partial charge in [-0.15, -0.1) is 0 Å². The minimum atomic E-state index is 0.213. The molecule has 0 bridgehead atoms. The summed E-state index contributed by atoms with van der Waals surface area (Å²) in [5.74, 6) is 2.07. The van der Waals surface area contributed by atoms with E-state index in [1.54, 1.807) is 0 Å². The molecule has 3 heteroatoms. The van der Waals surface area contributed by atoms with Crippen LogP contribution in [0.5, 0.6) is 0 Å². The van der Waals surface area contributed by atoms with Gasteiger partial charge in [0.25, 0.3) is 0 Å². The SMILES string of the molecule is CC(C)C1CCC(=O)C(CN(CCO)C2CCC2)C1. The van der Waals surface area contributed by atoms with Crippen LogP contribution >= 0.6 is 0 Å². The van der Waals surface area contributed by atoms with Gasteiger partial charge in [0.2, 0.25) is 0 Å². The summed E-state index contributed by atoms with van der Waals surface area (Å²) in [7, 11) is 0. The molecule has 0 spiro atoms. The number of ketones is 1. The first kappa shape index (κ1) is 15.0. The molecule has 1 N–H and O–H groups in total. The Labute approximate surface area is 117 Å². The van der Waals surface area contributed by atoms with Gasteiger partial charge in [-0.2, -0.15) is 0 Å². The first-order chi connectivity index (χ1) is 9.11. The Balaban J connectivity index is 1.91. The standard InChI is InChI=1S/C16H29NO2/c1-12(2)13-6-7-16(19)14(10-13)11-17(8-9-18)15-4-3-5-15/h12-15,18H,3-11H2,1-2H3. The number of nitrogens with zero attached hydrogens (tertiary/aromatic N) is 1. The van der Waals surface area contributed by atoms with Gasteiger partial charge < -0.3 is 5.11 Å². The molecule has 110 valence electrons. The molecule has 2 atom stereocenters. The third-order valence-corrected chi connectivity index (χ3v) is 5.18. The van der Waals surface area contributed by atoms with E-state index in [1.807, 2.05) is 0 Å². The summed E-state index contributed by atoms with van der Waals surface area (Å²) < 4.78 is 0. The molecule has 2 fully saturated rings. The van der Waals surface area contributed by atoms with Crippen LogP contribution in [-0.4, -0.2) is 41.5 Å². The predicted octanol–water partition coefficient (Wildman–Crippen LogP) is 2.47. The molecule has 2 aliphatic rings. The Bertz CT molecular complexity index is 299. The van der Waals surface area contributed by atoms with Gasteiger partial charge in [0.15, 0.2) is 0 Å². The summed E-state index contributed by atoms with van der Waals surface area (Å²) >= 11 is 0. The Morgan fingerprint density at radius 3 is 2.58 bits per heavy atom. The van der Waals surface area contributed by atoms with E-state index in [4.69, 9.17) is 0 Å². The third kappa shape index (κ3) is 3.79. The van der Waals surface area contributed by atoms with Crippen LogP contribution in [0, 0.1) is 17.8 Å². The first-order valence-electron chi connectivity index (χ1n) is 7.99. The van der Waals surface area contributed by atoms with Crippen LogP contribution in [0.2, 0.25) is 0 Å². The fourth-order valence-electron chi connectivity index (χ4n) is 3.51. The zero-order valence-corrected chi connectivity index (χ0v) is 12.5. The second kappa shape index (κ2) is 6.85. The smallest absolute Gasteiger partial charge is 0.137 e. The van der Waals surface area contributed by atoms with E-state index in [0.29, 0.717) is 23.7 Å². The van der Waals surface area contributed by atoms with E-state index in [2.05, 4.69) is 18.7 Å². The van der Waals surface area contributed by atoms with Crippen LogP contribution in [0.15, 0.2) is 0 Å². The lowest BCUT2D eigenvalue weighted by atomic mass is 9.75. The Hall–Kier alpha value is -0.410. The van der Waals surface area contributed by atoms with Crippen LogP contribution in [0.3, 0.4) is 0 Å². The second-order valence-corrected chi connectivity index (χ2v) is 6.74. The highest BCUT2D eigenvalue weighted by molar-refractivity contribution is 5.82. The van der Waals surface area contributed by atoms with Crippen LogP contribution < -0.4 is 0 Å². The van der Waals surface area contributed by atoms with Crippen molar-refractivity contribution in [2.24, 2.45) is 17.8 Å². The molecule has 2 rings (SSSR count). The van der Waals surface area contributed by atoms with E-state index in [9.17, 15) is 9.90 Å². The third-order valence-electron chi connectivity index (χ3n) is 5.18. The van der Waals surface area contributed by atoms with Crippen molar-refractivity contribution < 1.29 is 9.90 Å². The molecule has 2 unspecified atom stereocenters. The summed E-state index contributed by atoms with van der Waals surface area (Å²) in [6.07, 6.45) is 6.70. The molecule has 3 nitrogen and oxygen atoms in total. The lowest BCUT2D eigenvalue weighted by Gasteiger charge is -2.40. The maximum absolute atomic E-state index is 12.1. The molecule has 0 aromatic rings. The quantitative estimate of drug-likeness (QED) is 0.803. The molecule has 0 saturated heterocycles. The van der Waals surface area contributed by atoms with Crippen LogP contribution in [0.4, 0.5) is 0 Å². The Kier molecular flexibility index (Phi) is 5.40. The van der Waals surface area contributed by atoms with Crippen molar-refractivity contribution in [1.29, 1.82) is 0 Å². The summed E-state index contributed by atoms with van der Waals surface area (Å²) in [4.78, 5) is 14.5. The van der Waals surface area contributed by atoms with Crippen molar-refractivity contribution in [3.8, 4) is 0 Å². The highest BCUT2D eigenvalue weighted by atomic mass is 16.3. The van der Waals surface area contributed by atoms with Crippen molar-refractivity contribution in [1.82, 2.24) is 4.90 Å². The fraction of sp³-hybridized carbons (Fsp3) is 0.938. The minimum absolute atomic E-state index is 0.213. The van der Waals surface area contributed by atoms with Crippen LogP contribution in [0.25, 0.3) is 0 Å². The topological polar surface area (TPSA) is 40.5 Å². The monoisotopic (exact) mass is 267 g/mol. The second-order valence-electron chi connectivity index (χ2n) is 6.74. The van der Waals surface area contributed by atoms with Crippen LogP contribution in [-0.2, 0) is 4.79 Å². The minimum Gasteiger partial charge on any atom is -0.395 e. The highest BCUT2D eigenvalue weighted by Gasteiger charge is 2.33. The van der Waals surface area contributed by atoms with Gasteiger partial charge in [0, 0.05) is 31.5 Å². The van der Waals surface area contributed by atoms with Gasteiger partial charge >= 0.3 is 0 Å². The molecule has 0 aromatic heterocycles. The number of Topliss-reactive ketones (excluding diaryl/α,β-unsaturated/α-hetero) is 1. The van der Waals surface area contributed by atoms with Gasteiger partial charge in [-0.1, -0.05) is 20.3 Å². The molecule has 0 radical (unpaired) electrons. The Morgan fingerprint density at radius 1 is 1.32 bits per heavy atom. The Morgan fingerprint density at radius 2 is 2.05 bits per heavy atom. The molecular weight excluding hydrogens is 238 g/mol. The predicted molar refractivity (Wildman–Crippen MR) is 77.0 cm³/mol.